The molecule has 0 rings (SSSR count). The van der Waals surface area contributed by atoms with Crippen LogP contribution in [0.3, 0.4) is 0 Å². The van der Waals surface area contributed by atoms with Gasteiger partial charge in [-0.2, -0.15) is 0 Å². The molecular formula is C9H22O2Si. The second-order valence-electron chi connectivity index (χ2n) is 3.83. The van der Waals surface area contributed by atoms with Gasteiger partial charge in [-0.25, -0.2) is 0 Å². The molecular weight excluding hydrogens is 168 g/mol. The topological polar surface area (TPSA) is 18.5 Å². The summed E-state index contributed by atoms with van der Waals surface area (Å²) in [5.41, 5.74) is 0. The van der Waals surface area contributed by atoms with Crippen LogP contribution in [0.5, 0.6) is 0 Å². The molecule has 0 aliphatic rings. The van der Waals surface area contributed by atoms with E-state index in [2.05, 4.69) is 20.4 Å². The highest BCUT2D eigenvalue weighted by molar-refractivity contribution is 6.65. The van der Waals surface area contributed by atoms with Crippen LogP contribution >= 0.6 is 0 Å². The molecule has 0 atom stereocenters. The zero-order chi connectivity index (χ0) is 9.61. The molecule has 0 aromatic carbocycles. The van der Waals surface area contributed by atoms with E-state index in [4.69, 9.17) is 8.85 Å². The van der Waals surface area contributed by atoms with E-state index in [1.165, 1.54) is 12.8 Å². The molecule has 3 heteroatoms. The zero-order valence-corrected chi connectivity index (χ0v) is 10.0. The van der Waals surface area contributed by atoms with Gasteiger partial charge in [-0.15, -0.1) is 0 Å². The van der Waals surface area contributed by atoms with Gasteiger partial charge in [0, 0.05) is 14.2 Å². The number of hydrogen-bond donors (Lipinski definition) is 0. The van der Waals surface area contributed by atoms with Crippen molar-refractivity contribution in [3.05, 3.63) is 0 Å². The van der Waals surface area contributed by atoms with Crippen molar-refractivity contribution < 1.29 is 8.85 Å². The van der Waals surface area contributed by atoms with E-state index >= 15 is 0 Å². The van der Waals surface area contributed by atoms with E-state index in [1.54, 1.807) is 14.2 Å². The molecule has 0 radical (unpaired) electrons. The average Bonchev–Trinajstić information content (AvgIpc) is 2.03. The van der Waals surface area contributed by atoms with Gasteiger partial charge in [0.05, 0.1) is 0 Å². The van der Waals surface area contributed by atoms with E-state index in [-0.39, 0.29) is 0 Å². The molecule has 0 aliphatic carbocycles. The maximum absolute atomic E-state index is 5.39. The van der Waals surface area contributed by atoms with Gasteiger partial charge in [0.15, 0.2) is 0 Å². The van der Waals surface area contributed by atoms with Crippen LogP contribution in [0.15, 0.2) is 0 Å². The fourth-order valence-electron chi connectivity index (χ4n) is 1.12. The van der Waals surface area contributed by atoms with Crippen LogP contribution in [0.25, 0.3) is 0 Å². The molecule has 0 aliphatic heterocycles. The highest BCUT2D eigenvalue weighted by atomic mass is 28.4. The Morgan fingerprint density at radius 3 is 2.00 bits per heavy atom. The third-order valence-corrected chi connectivity index (χ3v) is 5.26. The van der Waals surface area contributed by atoms with E-state index in [1.807, 2.05) is 0 Å². The summed E-state index contributed by atoms with van der Waals surface area (Å²) in [7, 11) is 1.75. The van der Waals surface area contributed by atoms with Crippen molar-refractivity contribution >= 4 is 8.56 Å². The van der Waals surface area contributed by atoms with Crippen LogP contribution in [-0.4, -0.2) is 22.8 Å². The third-order valence-electron chi connectivity index (χ3n) is 2.28. The molecule has 0 aromatic rings. The Hall–Kier alpha value is 0.137. The highest BCUT2D eigenvalue weighted by Gasteiger charge is 2.27. The average molecular weight is 190 g/mol. The third kappa shape index (κ3) is 4.90. The summed E-state index contributed by atoms with van der Waals surface area (Å²) < 4.78 is 10.8. The predicted molar refractivity (Wildman–Crippen MR) is 54.5 cm³/mol. The molecule has 0 heterocycles. The first-order valence-electron chi connectivity index (χ1n) is 4.64. The lowest BCUT2D eigenvalue weighted by atomic mass is 10.1. The van der Waals surface area contributed by atoms with Crippen LogP contribution in [0.1, 0.15) is 26.7 Å². The van der Waals surface area contributed by atoms with Crippen molar-refractivity contribution in [2.24, 2.45) is 5.92 Å². The van der Waals surface area contributed by atoms with Crippen molar-refractivity contribution in [3.63, 3.8) is 0 Å². The molecule has 2 nitrogen and oxygen atoms in total. The lowest BCUT2D eigenvalue weighted by Crippen LogP contribution is -2.35. The van der Waals surface area contributed by atoms with Gasteiger partial charge in [-0.3, -0.25) is 0 Å². The van der Waals surface area contributed by atoms with Gasteiger partial charge >= 0.3 is 8.56 Å². The lowest BCUT2D eigenvalue weighted by Gasteiger charge is -2.22. The maximum atomic E-state index is 5.39. The molecule has 0 amide bonds. The molecule has 0 aromatic heterocycles. The van der Waals surface area contributed by atoms with Gasteiger partial charge in [-0.05, 0) is 18.5 Å². The van der Waals surface area contributed by atoms with E-state index < -0.39 is 8.56 Å². The van der Waals surface area contributed by atoms with Crippen LogP contribution in [-0.2, 0) is 8.85 Å². The Kier molecular flexibility index (Phi) is 5.79. The fraction of sp³-hybridized carbons (Fsp3) is 1.00. The molecule has 0 spiro atoms. The molecule has 0 saturated heterocycles. The molecule has 0 saturated carbocycles. The zero-order valence-electron chi connectivity index (χ0n) is 9.02. The van der Waals surface area contributed by atoms with E-state index in [9.17, 15) is 0 Å². The molecule has 12 heavy (non-hydrogen) atoms. The second-order valence-corrected chi connectivity index (χ2v) is 7.41. The normalized spacial score (nSPS) is 12.5. The largest absolute Gasteiger partial charge is 0.398 e. The van der Waals surface area contributed by atoms with Crippen molar-refractivity contribution in [3.8, 4) is 0 Å². The minimum absolute atomic E-state index is 0.789. The van der Waals surface area contributed by atoms with Gasteiger partial charge in [0.2, 0.25) is 0 Å². The number of hydrogen-bond acceptors (Lipinski definition) is 2. The summed E-state index contributed by atoms with van der Waals surface area (Å²) in [5.74, 6) is 0.789. The first-order chi connectivity index (χ1) is 5.54. The van der Waals surface area contributed by atoms with Gasteiger partial charge < -0.3 is 8.85 Å². The highest BCUT2D eigenvalue weighted by Crippen LogP contribution is 2.17. The Morgan fingerprint density at radius 1 is 1.17 bits per heavy atom. The van der Waals surface area contributed by atoms with Gasteiger partial charge in [0.25, 0.3) is 0 Å². The van der Waals surface area contributed by atoms with Crippen molar-refractivity contribution in [1.29, 1.82) is 0 Å². The molecule has 0 fully saturated rings. The Morgan fingerprint density at radius 2 is 1.67 bits per heavy atom. The first-order valence-corrected chi connectivity index (χ1v) is 7.16. The van der Waals surface area contributed by atoms with E-state index in [0.717, 1.165) is 12.0 Å². The van der Waals surface area contributed by atoms with Crippen molar-refractivity contribution in [1.82, 2.24) is 0 Å². The summed E-state index contributed by atoms with van der Waals surface area (Å²) in [4.78, 5) is 0. The quantitative estimate of drug-likeness (QED) is 0.600. The van der Waals surface area contributed by atoms with Crippen molar-refractivity contribution in [2.75, 3.05) is 14.2 Å². The Labute approximate surface area is 77.5 Å². The molecule has 0 unspecified atom stereocenters. The summed E-state index contributed by atoms with van der Waals surface area (Å²) >= 11 is 0. The first kappa shape index (κ1) is 12.1. The summed E-state index contributed by atoms with van der Waals surface area (Å²) in [6.07, 6.45) is 2.50. The van der Waals surface area contributed by atoms with E-state index in [0.29, 0.717) is 0 Å². The van der Waals surface area contributed by atoms with Crippen LogP contribution < -0.4 is 0 Å². The summed E-state index contributed by atoms with van der Waals surface area (Å²) in [6, 6.07) is 1.11. The SMILES string of the molecule is CO[Si](C)(CCCC(C)C)OC. The van der Waals surface area contributed by atoms with Crippen molar-refractivity contribution in [2.45, 2.75) is 39.3 Å². The van der Waals surface area contributed by atoms with Gasteiger partial charge in [-0.1, -0.05) is 26.7 Å². The molecule has 0 N–H and O–H groups in total. The Balaban J connectivity index is 3.58. The summed E-state index contributed by atoms with van der Waals surface area (Å²) in [5, 5.41) is 0. The minimum atomic E-state index is -1.76. The molecule has 74 valence electrons. The fourth-order valence-corrected chi connectivity index (χ4v) is 2.54. The van der Waals surface area contributed by atoms with Crippen LogP contribution in [0, 0.1) is 5.92 Å². The monoisotopic (exact) mass is 190 g/mol. The maximum Gasteiger partial charge on any atom is 0.334 e. The second kappa shape index (κ2) is 5.73. The number of rotatable bonds is 6. The predicted octanol–water partition coefficient (Wildman–Crippen LogP) is 2.79. The lowest BCUT2D eigenvalue weighted by molar-refractivity contribution is 0.247. The Bertz CT molecular complexity index is 111. The summed E-state index contributed by atoms with van der Waals surface area (Å²) in [6.45, 7) is 6.62. The van der Waals surface area contributed by atoms with Crippen LogP contribution in [0.4, 0.5) is 0 Å². The smallest absolute Gasteiger partial charge is 0.334 e. The minimum Gasteiger partial charge on any atom is -0.398 e. The standard InChI is InChI=1S/C9H22O2Si/c1-9(2)7-6-8-12(5,10-3)11-4/h9H,6-8H2,1-5H3. The van der Waals surface area contributed by atoms with Gasteiger partial charge in [0.1, 0.15) is 0 Å². The van der Waals surface area contributed by atoms with Crippen LogP contribution in [0.2, 0.25) is 12.6 Å². The molecule has 0 bridgehead atoms.